The molecule has 2 saturated carbocycles. The molecule has 7 unspecified atom stereocenters. The molecule has 2 fully saturated rings. The van der Waals surface area contributed by atoms with Crippen LogP contribution in [0.4, 0.5) is 0 Å². The van der Waals surface area contributed by atoms with Crippen molar-refractivity contribution in [3.05, 3.63) is 22.8 Å². The Morgan fingerprint density at radius 1 is 1.09 bits per heavy atom. The zero-order valence-corrected chi connectivity index (χ0v) is 22.7. The van der Waals surface area contributed by atoms with Crippen LogP contribution in [0.2, 0.25) is 0 Å². The van der Waals surface area contributed by atoms with Gasteiger partial charge in [-0.05, 0) is 80.1 Å². The van der Waals surface area contributed by atoms with Crippen LogP contribution in [0.3, 0.4) is 0 Å². The van der Waals surface area contributed by atoms with Gasteiger partial charge in [0.25, 0.3) is 0 Å². The van der Waals surface area contributed by atoms with Crippen LogP contribution < -0.4 is 0 Å². The molecule has 0 aromatic carbocycles. The molecule has 0 saturated heterocycles. The van der Waals surface area contributed by atoms with Crippen LogP contribution >= 0.6 is 0 Å². The lowest BCUT2D eigenvalue weighted by molar-refractivity contribution is -0.142. The molecule has 2 N–H and O–H groups in total. The summed E-state index contributed by atoms with van der Waals surface area (Å²) in [5.41, 5.74) is 1.78. The maximum atomic E-state index is 13.9. The second kappa shape index (κ2) is 8.39. The first-order valence-electron chi connectivity index (χ1n) is 13.5. The predicted molar refractivity (Wildman–Crippen MR) is 136 cm³/mol. The lowest BCUT2D eigenvalue weighted by Crippen LogP contribution is -2.56. The summed E-state index contributed by atoms with van der Waals surface area (Å²) >= 11 is 0. The standard InChI is InChI=1S/C30H44O5/c1-17(14-19(31)15-18(2)26(34)35)20-8-13-30(7)25-21(9-12-29(20,30)6)28(5)11-10-24(33)27(3,4)23(28)16-22(25)32/h15,17,19-20,23,31H,8-14,16H2,1-7H3,(H,34,35). The van der Waals surface area contributed by atoms with Gasteiger partial charge in [-0.3, -0.25) is 9.59 Å². The highest BCUT2D eigenvalue weighted by atomic mass is 16.4. The first-order chi connectivity index (χ1) is 16.1. The van der Waals surface area contributed by atoms with E-state index in [1.807, 2.05) is 13.8 Å². The van der Waals surface area contributed by atoms with E-state index in [4.69, 9.17) is 5.11 Å². The number of fused-ring (bicyclic) bond motifs is 4. The van der Waals surface area contributed by atoms with Crippen LogP contribution in [0.25, 0.3) is 0 Å². The van der Waals surface area contributed by atoms with E-state index in [9.17, 15) is 19.5 Å². The van der Waals surface area contributed by atoms with E-state index in [0.717, 1.165) is 37.7 Å². The predicted octanol–water partition coefficient (Wildman–Crippen LogP) is 5.90. The van der Waals surface area contributed by atoms with E-state index in [1.165, 1.54) is 18.6 Å². The fourth-order valence-electron chi connectivity index (χ4n) is 9.09. The van der Waals surface area contributed by atoms with E-state index in [0.29, 0.717) is 31.0 Å². The van der Waals surface area contributed by atoms with Crippen LogP contribution in [0.5, 0.6) is 0 Å². The monoisotopic (exact) mass is 484 g/mol. The minimum Gasteiger partial charge on any atom is -0.478 e. The van der Waals surface area contributed by atoms with Crippen molar-refractivity contribution in [2.24, 2.45) is 39.4 Å². The molecule has 4 rings (SSSR count). The Balaban J connectivity index is 1.67. The van der Waals surface area contributed by atoms with Crippen molar-refractivity contribution in [3.8, 4) is 0 Å². The quantitative estimate of drug-likeness (QED) is 0.474. The number of hydrogen-bond acceptors (Lipinski definition) is 4. The second-order valence-corrected chi connectivity index (χ2v) is 13.4. The number of carbonyl (C=O) groups is 3. The third-order valence-corrected chi connectivity index (χ3v) is 11.5. The van der Waals surface area contributed by atoms with Crippen LogP contribution in [0.15, 0.2) is 22.8 Å². The summed E-state index contributed by atoms with van der Waals surface area (Å²) in [4.78, 5) is 37.9. The van der Waals surface area contributed by atoms with Crippen LogP contribution in [-0.4, -0.2) is 33.9 Å². The average molecular weight is 485 g/mol. The molecule has 0 aliphatic heterocycles. The van der Waals surface area contributed by atoms with Crippen molar-refractivity contribution in [1.29, 1.82) is 0 Å². The first-order valence-corrected chi connectivity index (χ1v) is 13.5. The van der Waals surface area contributed by atoms with E-state index in [2.05, 4.69) is 27.7 Å². The minimum atomic E-state index is -1.00. The van der Waals surface area contributed by atoms with Crippen LogP contribution in [0.1, 0.15) is 99.8 Å². The number of rotatable bonds is 5. The SMILES string of the molecule is CC(=CC(O)CC(C)C1CCC2(C)C3=C(CCC12C)C1(C)CCC(=O)C(C)(C)C1CC3=O)C(=O)O. The van der Waals surface area contributed by atoms with Crippen molar-refractivity contribution in [1.82, 2.24) is 0 Å². The van der Waals surface area contributed by atoms with E-state index in [-0.39, 0.29) is 39.4 Å². The summed E-state index contributed by atoms with van der Waals surface area (Å²) in [6.07, 6.45) is 7.01. The summed E-state index contributed by atoms with van der Waals surface area (Å²) in [6.45, 7) is 14.8. The molecule has 4 aliphatic carbocycles. The van der Waals surface area contributed by atoms with Gasteiger partial charge in [0.1, 0.15) is 5.78 Å². The number of aliphatic carboxylic acids is 1. The molecule has 0 heterocycles. The van der Waals surface area contributed by atoms with Crippen molar-refractivity contribution in [3.63, 3.8) is 0 Å². The van der Waals surface area contributed by atoms with Crippen molar-refractivity contribution in [2.75, 3.05) is 0 Å². The number of carboxylic acids is 1. The van der Waals surface area contributed by atoms with Gasteiger partial charge >= 0.3 is 5.97 Å². The Bertz CT molecular complexity index is 1020. The van der Waals surface area contributed by atoms with Crippen LogP contribution in [0, 0.1) is 39.4 Å². The highest BCUT2D eigenvalue weighted by Gasteiger charge is 2.65. The summed E-state index contributed by atoms with van der Waals surface area (Å²) in [7, 11) is 0. The number of Topliss-reactive ketones (excluding diaryl/α,β-unsaturated/α-hetero) is 2. The molecule has 0 aromatic rings. The molecular formula is C30H44O5. The Kier molecular flexibility index (Phi) is 6.31. The molecule has 5 nitrogen and oxygen atoms in total. The second-order valence-electron chi connectivity index (χ2n) is 13.4. The normalized spacial score (nSPS) is 40.6. The van der Waals surface area contributed by atoms with Crippen molar-refractivity contribution < 1.29 is 24.6 Å². The molecule has 35 heavy (non-hydrogen) atoms. The van der Waals surface area contributed by atoms with Gasteiger partial charge < -0.3 is 10.2 Å². The summed E-state index contributed by atoms with van der Waals surface area (Å²) in [5, 5.41) is 19.7. The summed E-state index contributed by atoms with van der Waals surface area (Å²) in [6, 6.07) is 0. The number of carboxylic acid groups (broad SMARTS) is 1. The average Bonchev–Trinajstić information content (AvgIpc) is 3.04. The molecule has 5 heteroatoms. The molecule has 0 radical (unpaired) electrons. The third-order valence-electron chi connectivity index (χ3n) is 11.5. The molecular weight excluding hydrogens is 440 g/mol. The topological polar surface area (TPSA) is 91.7 Å². The van der Waals surface area contributed by atoms with E-state index in [1.54, 1.807) is 0 Å². The van der Waals surface area contributed by atoms with Gasteiger partial charge in [-0.15, -0.1) is 0 Å². The van der Waals surface area contributed by atoms with E-state index >= 15 is 0 Å². The maximum absolute atomic E-state index is 13.9. The number of aliphatic hydroxyl groups is 1. The van der Waals surface area contributed by atoms with Gasteiger partial charge in [0.05, 0.1) is 6.10 Å². The third kappa shape index (κ3) is 3.70. The minimum absolute atomic E-state index is 0.0462. The number of hydrogen-bond donors (Lipinski definition) is 2. The Morgan fingerprint density at radius 2 is 1.74 bits per heavy atom. The number of ketones is 2. The van der Waals surface area contributed by atoms with Gasteiger partial charge in [-0.25, -0.2) is 4.79 Å². The fourth-order valence-corrected chi connectivity index (χ4v) is 9.09. The fraction of sp³-hybridized carbons (Fsp3) is 0.767. The number of allylic oxidation sites excluding steroid dienone is 2. The largest absolute Gasteiger partial charge is 0.478 e. The molecule has 7 atom stereocenters. The van der Waals surface area contributed by atoms with Gasteiger partial charge in [-0.2, -0.15) is 0 Å². The Labute approximate surface area is 210 Å². The van der Waals surface area contributed by atoms with Crippen molar-refractivity contribution in [2.45, 2.75) is 106 Å². The molecule has 0 spiro atoms. The van der Waals surface area contributed by atoms with Gasteiger partial charge in [0.2, 0.25) is 0 Å². The maximum Gasteiger partial charge on any atom is 0.331 e. The molecule has 0 bridgehead atoms. The summed E-state index contributed by atoms with van der Waals surface area (Å²) < 4.78 is 0. The van der Waals surface area contributed by atoms with Crippen LogP contribution in [-0.2, 0) is 14.4 Å². The highest BCUT2D eigenvalue weighted by Crippen LogP contribution is 2.71. The molecule has 4 aliphatic rings. The smallest absolute Gasteiger partial charge is 0.331 e. The lowest BCUT2D eigenvalue weighted by Gasteiger charge is -2.60. The Hall–Kier alpha value is -1.75. The molecule has 194 valence electrons. The van der Waals surface area contributed by atoms with Gasteiger partial charge in [0, 0.05) is 34.8 Å². The first kappa shape index (κ1) is 26.3. The molecule has 0 aromatic heterocycles. The zero-order valence-electron chi connectivity index (χ0n) is 22.7. The highest BCUT2D eigenvalue weighted by molar-refractivity contribution is 6.00. The Morgan fingerprint density at radius 3 is 2.37 bits per heavy atom. The van der Waals surface area contributed by atoms with Gasteiger partial charge in [0.15, 0.2) is 5.78 Å². The lowest BCUT2D eigenvalue weighted by atomic mass is 9.43. The summed E-state index contributed by atoms with van der Waals surface area (Å²) in [5.74, 6) is 0.198. The zero-order chi connectivity index (χ0) is 26.1. The van der Waals surface area contributed by atoms with Gasteiger partial charge in [-0.1, -0.05) is 47.1 Å². The molecule has 0 amide bonds. The van der Waals surface area contributed by atoms with Crippen molar-refractivity contribution >= 4 is 17.5 Å². The van der Waals surface area contributed by atoms with E-state index < -0.39 is 17.5 Å². The number of carbonyl (C=O) groups excluding carboxylic acids is 2. The number of aliphatic hydroxyl groups excluding tert-OH is 1.